The summed E-state index contributed by atoms with van der Waals surface area (Å²) in [5.74, 6) is 1.07. The van der Waals surface area contributed by atoms with Crippen LogP contribution in [0.4, 0.5) is 5.69 Å². The van der Waals surface area contributed by atoms with Crippen molar-refractivity contribution in [3.05, 3.63) is 59.1 Å². The van der Waals surface area contributed by atoms with Crippen molar-refractivity contribution in [1.29, 1.82) is 0 Å². The predicted octanol–water partition coefficient (Wildman–Crippen LogP) is 4.79. The first-order valence-corrected chi connectivity index (χ1v) is 8.06. The number of rotatable bonds is 7. The largest absolute Gasteiger partial charge is 0.495 e. The number of benzene rings is 2. The number of hydrogen-bond acceptors (Lipinski definition) is 3. The monoisotopic (exact) mass is 345 g/mol. The number of halogens is 1. The van der Waals surface area contributed by atoms with E-state index < -0.39 is 0 Å². The van der Waals surface area contributed by atoms with Crippen LogP contribution in [0.5, 0.6) is 11.5 Å². The summed E-state index contributed by atoms with van der Waals surface area (Å²) in [6.07, 6.45) is 4.12. The lowest BCUT2D eigenvalue weighted by Gasteiger charge is -2.08. The normalized spacial score (nSPS) is 10.6. The summed E-state index contributed by atoms with van der Waals surface area (Å²) in [5, 5.41) is 3.20. The zero-order valence-corrected chi connectivity index (χ0v) is 14.5. The third kappa shape index (κ3) is 5.03. The minimum absolute atomic E-state index is 0.249. The molecule has 0 saturated carbocycles. The highest BCUT2D eigenvalue weighted by atomic mass is 35.5. The minimum Gasteiger partial charge on any atom is -0.495 e. The van der Waals surface area contributed by atoms with Gasteiger partial charge in [-0.15, -0.1) is 0 Å². The first kappa shape index (κ1) is 17.9. The molecule has 0 spiro atoms. The second-order valence-electron chi connectivity index (χ2n) is 5.06. The highest BCUT2D eigenvalue weighted by Gasteiger charge is 2.04. The lowest BCUT2D eigenvalue weighted by Crippen LogP contribution is -2.07. The molecule has 4 nitrogen and oxygen atoms in total. The smallest absolute Gasteiger partial charge is 0.248 e. The lowest BCUT2D eigenvalue weighted by molar-refractivity contribution is -0.111. The molecule has 2 aromatic carbocycles. The molecule has 24 heavy (non-hydrogen) atoms. The fourth-order valence-corrected chi connectivity index (χ4v) is 2.31. The Labute approximate surface area is 147 Å². The standard InChI is InChI=1S/C19H20ClNO3/c1-3-12-24-17-7-5-4-6-14(17)8-11-19(22)21-15-9-10-18(23-2)16(20)13-15/h4-11,13H,3,12H2,1-2H3,(H,21,22)/b11-8+. The van der Waals surface area contributed by atoms with Gasteiger partial charge in [-0.05, 0) is 36.8 Å². The number of carbonyl (C=O) groups excluding carboxylic acids is 1. The lowest BCUT2D eigenvalue weighted by atomic mass is 10.2. The summed E-state index contributed by atoms with van der Waals surface area (Å²) in [6.45, 7) is 2.69. The second-order valence-corrected chi connectivity index (χ2v) is 5.47. The van der Waals surface area contributed by atoms with Gasteiger partial charge in [-0.25, -0.2) is 0 Å². The van der Waals surface area contributed by atoms with E-state index in [9.17, 15) is 4.79 Å². The van der Waals surface area contributed by atoms with Gasteiger partial charge in [0.2, 0.25) is 5.91 Å². The molecule has 0 unspecified atom stereocenters. The van der Waals surface area contributed by atoms with Crippen LogP contribution in [0.15, 0.2) is 48.5 Å². The molecule has 5 heteroatoms. The van der Waals surface area contributed by atoms with Crippen LogP contribution in [-0.4, -0.2) is 19.6 Å². The molecule has 0 bridgehead atoms. The van der Waals surface area contributed by atoms with E-state index in [1.54, 1.807) is 31.4 Å². The number of nitrogens with one attached hydrogen (secondary N) is 1. The third-order valence-electron chi connectivity index (χ3n) is 3.21. The number of ether oxygens (including phenoxy) is 2. The van der Waals surface area contributed by atoms with Gasteiger partial charge in [-0.3, -0.25) is 4.79 Å². The van der Waals surface area contributed by atoms with Crippen molar-refractivity contribution in [3.8, 4) is 11.5 Å². The Morgan fingerprint density at radius 1 is 1.21 bits per heavy atom. The molecule has 0 aliphatic rings. The maximum Gasteiger partial charge on any atom is 0.248 e. The Morgan fingerprint density at radius 3 is 2.71 bits per heavy atom. The van der Waals surface area contributed by atoms with Crippen LogP contribution in [-0.2, 0) is 4.79 Å². The average Bonchev–Trinajstić information content (AvgIpc) is 2.59. The molecule has 0 atom stereocenters. The summed E-state index contributed by atoms with van der Waals surface area (Å²) >= 11 is 6.04. The molecular weight excluding hydrogens is 326 g/mol. The number of amides is 1. The van der Waals surface area contributed by atoms with Crippen molar-refractivity contribution < 1.29 is 14.3 Å². The molecule has 1 amide bonds. The van der Waals surface area contributed by atoms with Gasteiger partial charge in [0.25, 0.3) is 0 Å². The minimum atomic E-state index is -0.249. The molecule has 0 heterocycles. The maximum atomic E-state index is 12.1. The van der Waals surface area contributed by atoms with Crippen LogP contribution >= 0.6 is 11.6 Å². The summed E-state index contributed by atoms with van der Waals surface area (Å²) in [4.78, 5) is 12.1. The molecular formula is C19H20ClNO3. The maximum absolute atomic E-state index is 12.1. The zero-order chi connectivity index (χ0) is 17.4. The molecule has 0 saturated heterocycles. The van der Waals surface area contributed by atoms with Gasteiger partial charge in [0.05, 0.1) is 18.7 Å². The van der Waals surface area contributed by atoms with Crippen molar-refractivity contribution in [3.63, 3.8) is 0 Å². The molecule has 0 aliphatic carbocycles. The van der Waals surface area contributed by atoms with Crippen molar-refractivity contribution >= 4 is 29.3 Å². The topological polar surface area (TPSA) is 47.6 Å². The van der Waals surface area contributed by atoms with Gasteiger partial charge in [-0.2, -0.15) is 0 Å². The molecule has 0 aromatic heterocycles. The van der Waals surface area contributed by atoms with E-state index in [4.69, 9.17) is 21.1 Å². The summed E-state index contributed by atoms with van der Waals surface area (Å²) in [6, 6.07) is 12.7. The molecule has 126 valence electrons. The quantitative estimate of drug-likeness (QED) is 0.734. The summed E-state index contributed by atoms with van der Waals surface area (Å²) < 4.78 is 10.7. The average molecular weight is 346 g/mol. The van der Waals surface area contributed by atoms with E-state index in [2.05, 4.69) is 5.32 Å². The van der Waals surface area contributed by atoms with Crippen LogP contribution in [0.25, 0.3) is 6.08 Å². The molecule has 0 aliphatic heterocycles. The second kappa shape index (κ2) is 8.99. The van der Waals surface area contributed by atoms with Crippen LogP contribution in [0, 0.1) is 0 Å². The van der Waals surface area contributed by atoms with Gasteiger partial charge >= 0.3 is 0 Å². The molecule has 0 radical (unpaired) electrons. The van der Waals surface area contributed by atoms with E-state index in [1.165, 1.54) is 6.08 Å². The number of hydrogen-bond donors (Lipinski definition) is 1. The fourth-order valence-electron chi connectivity index (χ4n) is 2.06. The van der Waals surface area contributed by atoms with Crippen molar-refractivity contribution in [2.24, 2.45) is 0 Å². The Hall–Kier alpha value is -2.46. The van der Waals surface area contributed by atoms with E-state index in [-0.39, 0.29) is 5.91 Å². The fraction of sp³-hybridized carbons (Fsp3) is 0.211. The molecule has 1 N–H and O–H groups in total. The predicted molar refractivity (Wildman–Crippen MR) is 97.9 cm³/mol. The number of anilines is 1. The Balaban J connectivity index is 2.04. The van der Waals surface area contributed by atoms with Crippen molar-refractivity contribution in [1.82, 2.24) is 0 Å². The van der Waals surface area contributed by atoms with Crippen LogP contribution in [0.1, 0.15) is 18.9 Å². The Bertz CT molecular complexity index is 728. The van der Waals surface area contributed by atoms with E-state index >= 15 is 0 Å². The van der Waals surface area contributed by atoms with Gasteiger partial charge in [0.1, 0.15) is 11.5 Å². The van der Waals surface area contributed by atoms with Gasteiger partial charge in [-0.1, -0.05) is 36.7 Å². The molecule has 0 fully saturated rings. The Morgan fingerprint density at radius 2 is 2.00 bits per heavy atom. The molecule has 2 aromatic rings. The SMILES string of the molecule is CCCOc1ccccc1/C=C/C(=O)Nc1ccc(OC)c(Cl)c1. The van der Waals surface area contributed by atoms with Crippen molar-refractivity contribution in [2.45, 2.75) is 13.3 Å². The van der Waals surface area contributed by atoms with E-state index in [0.717, 1.165) is 17.7 Å². The summed E-state index contributed by atoms with van der Waals surface area (Å²) in [5.41, 5.74) is 1.46. The van der Waals surface area contributed by atoms with Crippen LogP contribution in [0.2, 0.25) is 5.02 Å². The van der Waals surface area contributed by atoms with Crippen LogP contribution < -0.4 is 14.8 Å². The first-order chi connectivity index (χ1) is 11.6. The zero-order valence-electron chi connectivity index (χ0n) is 13.7. The van der Waals surface area contributed by atoms with Gasteiger partial charge in [0, 0.05) is 17.3 Å². The van der Waals surface area contributed by atoms with Gasteiger partial charge < -0.3 is 14.8 Å². The van der Waals surface area contributed by atoms with E-state index in [0.29, 0.717) is 23.1 Å². The van der Waals surface area contributed by atoms with Crippen molar-refractivity contribution in [2.75, 3.05) is 19.0 Å². The summed E-state index contributed by atoms with van der Waals surface area (Å²) in [7, 11) is 1.54. The number of methoxy groups -OCH3 is 1. The first-order valence-electron chi connectivity index (χ1n) is 7.68. The van der Waals surface area contributed by atoms with Gasteiger partial charge in [0.15, 0.2) is 0 Å². The number of para-hydroxylation sites is 1. The highest BCUT2D eigenvalue weighted by molar-refractivity contribution is 6.32. The third-order valence-corrected chi connectivity index (χ3v) is 3.51. The van der Waals surface area contributed by atoms with E-state index in [1.807, 2.05) is 31.2 Å². The molecule has 2 rings (SSSR count). The van der Waals surface area contributed by atoms with Crippen LogP contribution in [0.3, 0.4) is 0 Å². The number of carbonyl (C=O) groups is 1. The Kier molecular flexibility index (Phi) is 6.70. The highest BCUT2D eigenvalue weighted by Crippen LogP contribution is 2.27.